The Bertz CT molecular complexity index is 266. The summed E-state index contributed by atoms with van der Waals surface area (Å²) < 4.78 is 0. The highest BCUT2D eigenvalue weighted by Gasteiger charge is 2.40. The minimum absolute atomic E-state index is 0.0683. The molecule has 0 radical (unpaired) electrons. The number of rotatable bonds is 2. The topological polar surface area (TPSA) is 35.6 Å². The predicted octanol–water partition coefficient (Wildman–Crippen LogP) is 0.540. The fraction of sp³-hybridized carbons (Fsp3) is 0.923. The molecule has 0 aromatic rings. The molecule has 2 heterocycles. The first-order chi connectivity index (χ1) is 8.18. The van der Waals surface area contributed by atoms with Gasteiger partial charge in [-0.25, -0.2) is 0 Å². The Morgan fingerprint density at radius 1 is 1.18 bits per heavy atom. The number of hydrogen-bond acceptors (Lipinski definition) is 3. The smallest absolute Gasteiger partial charge is 0.228 e. The molecule has 0 aliphatic carbocycles. The Morgan fingerprint density at radius 3 is 2.29 bits per heavy atom. The molecule has 2 saturated heterocycles. The van der Waals surface area contributed by atoms with Crippen molar-refractivity contribution in [3.05, 3.63) is 0 Å². The van der Waals surface area contributed by atoms with Crippen molar-refractivity contribution in [1.29, 1.82) is 0 Å². The van der Waals surface area contributed by atoms with Gasteiger partial charge in [0.2, 0.25) is 5.91 Å². The van der Waals surface area contributed by atoms with Gasteiger partial charge in [-0.05, 0) is 39.4 Å². The molecule has 0 atom stereocenters. The lowest BCUT2D eigenvalue weighted by atomic mass is 9.75. The molecule has 0 unspecified atom stereocenters. The number of carbonyl (C=O) groups is 1. The normalized spacial score (nSPS) is 25.9. The number of nitrogens with one attached hydrogen (secondary N) is 1. The van der Waals surface area contributed by atoms with Gasteiger partial charge in [-0.3, -0.25) is 4.79 Å². The molecule has 2 rings (SSSR count). The van der Waals surface area contributed by atoms with E-state index in [9.17, 15) is 4.79 Å². The van der Waals surface area contributed by atoms with Crippen LogP contribution in [0.1, 0.15) is 26.2 Å². The van der Waals surface area contributed by atoms with Crippen LogP contribution in [0.25, 0.3) is 0 Å². The third-order valence-electron chi connectivity index (χ3n) is 4.48. The van der Waals surface area contributed by atoms with Gasteiger partial charge >= 0.3 is 0 Å². The van der Waals surface area contributed by atoms with Crippen molar-refractivity contribution in [1.82, 2.24) is 15.1 Å². The lowest BCUT2D eigenvalue weighted by Crippen LogP contribution is -2.54. The minimum Gasteiger partial charge on any atom is -0.340 e. The van der Waals surface area contributed by atoms with Crippen LogP contribution in [0.4, 0.5) is 0 Å². The number of amides is 1. The summed E-state index contributed by atoms with van der Waals surface area (Å²) in [6.45, 7) is 8.00. The number of piperazine rings is 1. The first-order valence-corrected chi connectivity index (χ1v) is 6.86. The molecule has 4 nitrogen and oxygen atoms in total. The maximum Gasteiger partial charge on any atom is 0.228 e. The summed E-state index contributed by atoms with van der Waals surface area (Å²) in [6, 6.07) is 0. The van der Waals surface area contributed by atoms with Crippen LogP contribution in [-0.2, 0) is 4.79 Å². The molecular formula is C13H25N3O. The molecule has 98 valence electrons. The van der Waals surface area contributed by atoms with E-state index < -0.39 is 0 Å². The fourth-order valence-corrected chi connectivity index (χ4v) is 2.97. The fourth-order valence-electron chi connectivity index (χ4n) is 2.97. The van der Waals surface area contributed by atoms with E-state index in [2.05, 4.69) is 29.1 Å². The van der Waals surface area contributed by atoms with E-state index >= 15 is 0 Å². The Labute approximate surface area is 104 Å². The van der Waals surface area contributed by atoms with Gasteiger partial charge in [0.1, 0.15) is 0 Å². The monoisotopic (exact) mass is 239 g/mol. The first kappa shape index (κ1) is 12.8. The highest BCUT2D eigenvalue weighted by Crippen LogP contribution is 2.34. The van der Waals surface area contributed by atoms with Gasteiger partial charge in [0, 0.05) is 26.2 Å². The van der Waals surface area contributed by atoms with Gasteiger partial charge in [-0.15, -0.1) is 0 Å². The Balaban J connectivity index is 2.01. The van der Waals surface area contributed by atoms with Crippen LogP contribution in [-0.4, -0.2) is 62.0 Å². The van der Waals surface area contributed by atoms with Crippen molar-refractivity contribution < 1.29 is 4.79 Å². The molecule has 0 aromatic heterocycles. The average Bonchev–Trinajstić information content (AvgIpc) is 2.39. The minimum atomic E-state index is -0.0683. The zero-order chi connectivity index (χ0) is 12.3. The quantitative estimate of drug-likeness (QED) is 0.764. The van der Waals surface area contributed by atoms with Crippen LogP contribution < -0.4 is 5.32 Å². The van der Waals surface area contributed by atoms with Crippen molar-refractivity contribution >= 4 is 5.91 Å². The van der Waals surface area contributed by atoms with Crippen LogP contribution in [0, 0.1) is 5.41 Å². The second-order valence-corrected chi connectivity index (χ2v) is 5.48. The van der Waals surface area contributed by atoms with E-state index in [4.69, 9.17) is 0 Å². The molecular weight excluding hydrogens is 214 g/mol. The lowest BCUT2D eigenvalue weighted by molar-refractivity contribution is -0.145. The summed E-state index contributed by atoms with van der Waals surface area (Å²) in [5.74, 6) is 0.412. The summed E-state index contributed by atoms with van der Waals surface area (Å²) in [7, 11) is 2.13. The van der Waals surface area contributed by atoms with Crippen molar-refractivity contribution in [2.45, 2.75) is 26.2 Å². The Morgan fingerprint density at radius 2 is 1.76 bits per heavy atom. The number of piperidine rings is 1. The average molecular weight is 239 g/mol. The Kier molecular flexibility index (Phi) is 4.05. The molecule has 0 spiro atoms. The van der Waals surface area contributed by atoms with E-state index in [1.807, 2.05) is 0 Å². The van der Waals surface area contributed by atoms with E-state index in [0.717, 1.165) is 58.5 Å². The molecule has 4 heteroatoms. The van der Waals surface area contributed by atoms with Crippen molar-refractivity contribution in [3.8, 4) is 0 Å². The highest BCUT2D eigenvalue weighted by molar-refractivity contribution is 5.83. The van der Waals surface area contributed by atoms with E-state index in [0.29, 0.717) is 5.91 Å². The predicted molar refractivity (Wildman–Crippen MR) is 68.9 cm³/mol. The first-order valence-electron chi connectivity index (χ1n) is 6.86. The van der Waals surface area contributed by atoms with Crippen LogP contribution in [0.5, 0.6) is 0 Å². The third-order valence-corrected chi connectivity index (χ3v) is 4.48. The molecule has 2 aliphatic rings. The van der Waals surface area contributed by atoms with Crippen LogP contribution in [0.15, 0.2) is 0 Å². The molecule has 1 N–H and O–H groups in total. The summed E-state index contributed by atoms with van der Waals surface area (Å²) in [5, 5.41) is 3.36. The number of nitrogens with zero attached hydrogens (tertiary/aromatic N) is 2. The van der Waals surface area contributed by atoms with Gasteiger partial charge in [-0.1, -0.05) is 6.92 Å². The van der Waals surface area contributed by atoms with E-state index in [1.165, 1.54) is 0 Å². The van der Waals surface area contributed by atoms with Crippen LogP contribution in [0.3, 0.4) is 0 Å². The second-order valence-electron chi connectivity index (χ2n) is 5.48. The van der Waals surface area contributed by atoms with Crippen LogP contribution in [0.2, 0.25) is 0 Å². The molecule has 2 aliphatic heterocycles. The summed E-state index contributed by atoms with van der Waals surface area (Å²) >= 11 is 0. The van der Waals surface area contributed by atoms with Gasteiger partial charge < -0.3 is 15.1 Å². The van der Waals surface area contributed by atoms with Gasteiger partial charge in [0.15, 0.2) is 0 Å². The van der Waals surface area contributed by atoms with E-state index in [1.54, 1.807) is 0 Å². The van der Waals surface area contributed by atoms with E-state index in [-0.39, 0.29) is 5.41 Å². The zero-order valence-electron chi connectivity index (χ0n) is 11.2. The maximum atomic E-state index is 12.7. The molecule has 2 fully saturated rings. The van der Waals surface area contributed by atoms with Gasteiger partial charge in [-0.2, -0.15) is 0 Å². The summed E-state index contributed by atoms with van der Waals surface area (Å²) in [4.78, 5) is 17.1. The van der Waals surface area contributed by atoms with Crippen molar-refractivity contribution in [2.75, 3.05) is 46.3 Å². The summed E-state index contributed by atoms with van der Waals surface area (Å²) in [6.07, 6.45) is 3.00. The highest BCUT2D eigenvalue weighted by atomic mass is 16.2. The largest absolute Gasteiger partial charge is 0.340 e. The maximum absolute atomic E-state index is 12.7. The zero-order valence-corrected chi connectivity index (χ0v) is 11.2. The lowest BCUT2D eigenvalue weighted by Gasteiger charge is -2.42. The number of likely N-dealkylation sites (N-methyl/N-ethyl adjacent to an activating group) is 1. The SMILES string of the molecule is CCC1(C(=O)N2CCN(C)CC2)CCNCC1. The standard InChI is InChI=1S/C13H25N3O/c1-3-13(4-6-14-7-5-13)12(17)16-10-8-15(2)9-11-16/h14H,3-11H2,1-2H3. The second kappa shape index (κ2) is 5.36. The number of hydrogen-bond donors (Lipinski definition) is 1. The molecule has 17 heavy (non-hydrogen) atoms. The summed E-state index contributed by atoms with van der Waals surface area (Å²) in [5.41, 5.74) is -0.0683. The third kappa shape index (κ3) is 2.63. The van der Waals surface area contributed by atoms with Gasteiger partial charge in [0.05, 0.1) is 5.41 Å². The molecule has 0 saturated carbocycles. The molecule has 0 aromatic carbocycles. The number of carbonyl (C=O) groups excluding carboxylic acids is 1. The Hall–Kier alpha value is -0.610. The van der Waals surface area contributed by atoms with Gasteiger partial charge in [0.25, 0.3) is 0 Å². The van der Waals surface area contributed by atoms with Crippen LogP contribution >= 0.6 is 0 Å². The van der Waals surface area contributed by atoms with Crippen molar-refractivity contribution in [3.63, 3.8) is 0 Å². The molecule has 0 bridgehead atoms. The molecule has 1 amide bonds. The van der Waals surface area contributed by atoms with Crippen molar-refractivity contribution in [2.24, 2.45) is 5.41 Å².